The summed E-state index contributed by atoms with van der Waals surface area (Å²) in [6.45, 7) is 0.613. The Hall–Kier alpha value is -1.16. The Morgan fingerprint density at radius 2 is 2.13 bits per heavy atom. The summed E-state index contributed by atoms with van der Waals surface area (Å²) in [7, 11) is 0. The van der Waals surface area contributed by atoms with Crippen LogP contribution in [0.5, 0.6) is 5.75 Å². The number of benzene rings is 1. The Balaban J connectivity index is 2.06. The highest BCUT2D eigenvalue weighted by atomic mass is 19.2. The second-order valence-electron chi connectivity index (χ2n) is 3.47. The van der Waals surface area contributed by atoms with Crippen LogP contribution in [0, 0.1) is 11.6 Å². The minimum atomic E-state index is -0.952. The van der Waals surface area contributed by atoms with Crippen molar-refractivity contribution in [2.24, 2.45) is 0 Å². The SMILES string of the molecule is Fc1cccc(OC2CCCCO2)c1F. The third kappa shape index (κ3) is 2.45. The highest BCUT2D eigenvalue weighted by Gasteiger charge is 2.18. The van der Waals surface area contributed by atoms with E-state index >= 15 is 0 Å². The van der Waals surface area contributed by atoms with Gasteiger partial charge in [-0.15, -0.1) is 0 Å². The lowest BCUT2D eigenvalue weighted by molar-refractivity contribution is -0.107. The standard InChI is InChI=1S/C11H12F2O2/c12-8-4-3-5-9(11(8)13)15-10-6-1-2-7-14-10/h3-5,10H,1-2,6-7H2. The highest BCUT2D eigenvalue weighted by molar-refractivity contribution is 5.25. The first kappa shape index (κ1) is 10.4. The summed E-state index contributed by atoms with van der Waals surface area (Å²) in [6.07, 6.45) is 2.25. The van der Waals surface area contributed by atoms with Crippen LogP contribution >= 0.6 is 0 Å². The molecule has 1 heterocycles. The van der Waals surface area contributed by atoms with E-state index < -0.39 is 17.9 Å². The van der Waals surface area contributed by atoms with Gasteiger partial charge in [-0.2, -0.15) is 4.39 Å². The fraction of sp³-hybridized carbons (Fsp3) is 0.455. The largest absolute Gasteiger partial charge is 0.462 e. The molecule has 0 saturated carbocycles. The van der Waals surface area contributed by atoms with Gasteiger partial charge < -0.3 is 9.47 Å². The molecule has 2 nitrogen and oxygen atoms in total. The van der Waals surface area contributed by atoms with E-state index in [4.69, 9.17) is 9.47 Å². The molecule has 15 heavy (non-hydrogen) atoms. The minimum Gasteiger partial charge on any atom is -0.462 e. The number of hydrogen-bond donors (Lipinski definition) is 0. The highest BCUT2D eigenvalue weighted by Crippen LogP contribution is 2.23. The van der Waals surface area contributed by atoms with Crippen LogP contribution in [-0.4, -0.2) is 12.9 Å². The summed E-state index contributed by atoms with van der Waals surface area (Å²) >= 11 is 0. The Bertz CT molecular complexity index is 335. The second kappa shape index (κ2) is 4.57. The van der Waals surface area contributed by atoms with E-state index in [1.54, 1.807) is 0 Å². The molecule has 0 N–H and O–H groups in total. The first-order valence-corrected chi connectivity index (χ1v) is 4.99. The van der Waals surface area contributed by atoms with E-state index in [-0.39, 0.29) is 5.75 Å². The minimum absolute atomic E-state index is 0.0816. The number of rotatable bonds is 2. The van der Waals surface area contributed by atoms with Crippen LogP contribution in [-0.2, 0) is 4.74 Å². The van der Waals surface area contributed by atoms with Gasteiger partial charge in [-0.3, -0.25) is 0 Å². The molecule has 0 spiro atoms. The molecule has 1 aliphatic rings. The molecule has 82 valence electrons. The zero-order valence-electron chi connectivity index (χ0n) is 8.21. The summed E-state index contributed by atoms with van der Waals surface area (Å²) in [5.74, 6) is -1.93. The van der Waals surface area contributed by atoms with Gasteiger partial charge in [0.25, 0.3) is 0 Å². The molecule has 0 bridgehead atoms. The molecule has 1 aromatic carbocycles. The van der Waals surface area contributed by atoms with Crippen LogP contribution in [0.3, 0.4) is 0 Å². The van der Waals surface area contributed by atoms with E-state index in [2.05, 4.69) is 0 Å². The maximum atomic E-state index is 13.2. The Morgan fingerprint density at radius 3 is 2.87 bits per heavy atom. The molecule has 1 aliphatic heterocycles. The van der Waals surface area contributed by atoms with E-state index in [0.29, 0.717) is 6.61 Å². The molecular formula is C11H12F2O2. The summed E-state index contributed by atoms with van der Waals surface area (Å²) in [5.41, 5.74) is 0. The zero-order valence-corrected chi connectivity index (χ0v) is 8.21. The van der Waals surface area contributed by atoms with Crippen molar-refractivity contribution < 1.29 is 18.3 Å². The quantitative estimate of drug-likeness (QED) is 0.753. The Labute approximate surface area is 86.8 Å². The van der Waals surface area contributed by atoms with Crippen LogP contribution in [0.1, 0.15) is 19.3 Å². The molecule has 1 unspecified atom stereocenters. The van der Waals surface area contributed by atoms with Gasteiger partial charge >= 0.3 is 0 Å². The van der Waals surface area contributed by atoms with Gasteiger partial charge in [-0.25, -0.2) is 4.39 Å². The van der Waals surface area contributed by atoms with Gasteiger partial charge in [0, 0.05) is 6.42 Å². The van der Waals surface area contributed by atoms with Crippen LogP contribution in [0.4, 0.5) is 8.78 Å². The van der Waals surface area contributed by atoms with Crippen molar-refractivity contribution in [2.45, 2.75) is 25.6 Å². The smallest absolute Gasteiger partial charge is 0.200 e. The first-order chi connectivity index (χ1) is 7.27. The predicted molar refractivity (Wildman–Crippen MR) is 50.6 cm³/mol. The predicted octanol–water partition coefficient (Wildman–Crippen LogP) is 2.87. The molecule has 0 aromatic heterocycles. The summed E-state index contributed by atoms with van der Waals surface area (Å²) in [4.78, 5) is 0. The monoisotopic (exact) mass is 214 g/mol. The molecule has 1 fully saturated rings. The van der Waals surface area contributed by atoms with Gasteiger partial charge in [-0.1, -0.05) is 6.07 Å². The zero-order chi connectivity index (χ0) is 10.7. The lowest BCUT2D eigenvalue weighted by Gasteiger charge is -2.23. The fourth-order valence-electron chi connectivity index (χ4n) is 1.52. The fourth-order valence-corrected chi connectivity index (χ4v) is 1.52. The van der Waals surface area contributed by atoms with Crippen molar-refractivity contribution in [1.29, 1.82) is 0 Å². The topological polar surface area (TPSA) is 18.5 Å². The molecule has 0 amide bonds. The number of hydrogen-bond acceptors (Lipinski definition) is 2. The van der Waals surface area contributed by atoms with Gasteiger partial charge in [-0.05, 0) is 25.0 Å². The second-order valence-corrected chi connectivity index (χ2v) is 3.47. The van der Waals surface area contributed by atoms with E-state index in [0.717, 1.165) is 25.3 Å². The lowest BCUT2D eigenvalue weighted by atomic mass is 10.2. The average molecular weight is 214 g/mol. The van der Waals surface area contributed by atoms with E-state index in [9.17, 15) is 8.78 Å². The van der Waals surface area contributed by atoms with Crippen molar-refractivity contribution in [3.63, 3.8) is 0 Å². The Kier molecular flexibility index (Phi) is 3.16. The van der Waals surface area contributed by atoms with Crippen molar-refractivity contribution >= 4 is 0 Å². The van der Waals surface area contributed by atoms with Crippen LogP contribution < -0.4 is 4.74 Å². The maximum absolute atomic E-state index is 13.2. The van der Waals surface area contributed by atoms with Crippen LogP contribution in [0.15, 0.2) is 18.2 Å². The molecule has 1 aromatic rings. The Morgan fingerprint density at radius 1 is 1.27 bits per heavy atom. The van der Waals surface area contributed by atoms with E-state index in [1.165, 1.54) is 12.1 Å². The number of halogens is 2. The average Bonchev–Trinajstić information content (AvgIpc) is 2.26. The third-order valence-electron chi connectivity index (χ3n) is 2.31. The molecule has 2 rings (SSSR count). The maximum Gasteiger partial charge on any atom is 0.200 e. The summed E-state index contributed by atoms with van der Waals surface area (Å²) in [5, 5.41) is 0. The van der Waals surface area contributed by atoms with Gasteiger partial charge in [0.2, 0.25) is 5.82 Å². The molecule has 1 atom stereocenters. The summed E-state index contributed by atoms with van der Waals surface area (Å²) in [6, 6.07) is 3.87. The summed E-state index contributed by atoms with van der Waals surface area (Å²) < 4.78 is 36.5. The third-order valence-corrected chi connectivity index (χ3v) is 2.31. The van der Waals surface area contributed by atoms with Gasteiger partial charge in [0.05, 0.1) is 6.61 Å². The molecular weight excluding hydrogens is 202 g/mol. The normalized spacial score (nSPS) is 21.3. The molecule has 4 heteroatoms. The molecule has 0 aliphatic carbocycles. The number of ether oxygens (including phenoxy) is 2. The van der Waals surface area contributed by atoms with Crippen molar-refractivity contribution in [1.82, 2.24) is 0 Å². The molecule has 0 radical (unpaired) electrons. The van der Waals surface area contributed by atoms with Crippen molar-refractivity contribution in [3.05, 3.63) is 29.8 Å². The van der Waals surface area contributed by atoms with Gasteiger partial charge in [0.15, 0.2) is 17.9 Å². The van der Waals surface area contributed by atoms with Crippen molar-refractivity contribution in [3.8, 4) is 5.75 Å². The van der Waals surface area contributed by atoms with E-state index in [1.807, 2.05) is 0 Å². The molecule has 1 saturated heterocycles. The van der Waals surface area contributed by atoms with Crippen LogP contribution in [0.25, 0.3) is 0 Å². The van der Waals surface area contributed by atoms with Gasteiger partial charge in [0.1, 0.15) is 0 Å². The lowest BCUT2D eigenvalue weighted by Crippen LogP contribution is -2.25. The first-order valence-electron chi connectivity index (χ1n) is 4.99. The van der Waals surface area contributed by atoms with Crippen molar-refractivity contribution in [2.75, 3.05) is 6.61 Å². The van der Waals surface area contributed by atoms with Crippen LogP contribution in [0.2, 0.25) is 0 Å².